The highest BCUT2D eigenvalue weighted by molar-refractivity contribution is 6.28. The van der Waals surface area contributed by atoms with Crippen LogP contribution >= 0.6 is 0 Å². The van der Waals surface area contributed by atoms with Crippen molar-refractivity contribution in [2.45, 2.75) is 13.0 Å². The Morgan fingerprint density at radius 3 is 2.37 bits per heavy atom. The summed E-state index contributed by atoms with van der Waals surface area (Å²) in [7, 11) is 0. The van der Waals surface area contributed by atoms with E-state index in [2.05, 4.69) is 0 Å². The fourth-order valence-corrected chi connectivity index (χ4v) is 3.84. The first kappa shape index (κ1) is 15.8. The Hall–Kier alpha value is -3.47. The van der Waals surface area contributed by atoms with Crippen LogP contribution in [-0.4, -0.2) is 28.9 Å². The van der Waals surface area contributed by atoms with E-state index in [-0.39, 0.29) is 17.5 Å². The third-order valence-corrected chi connectivity index (χ3v) is 5.27. The SMILES string of the molecule is O=C1c2ccccc2C(=O)c2cc(C(=O)N3CCc4occc4C3)ccc21. The Labute approximate surface area is 155 Å². The smallest absolute Gasteiger partial charge is 0.254 e. The molecule has 5 heteroatoms. The Bertz CT molecular complexity index is 1120. The van der Waals surface area contributed by atoms with Gasteiger partial charge in [0.1, 0.15) is 5.76 Å². The van der Waals surface area contributed by atoms with Crippen molar-refractivity contribution in [3.05, 3.63) is 93.9 Å². The molecule has 0 fully saturated rings. The Morgan fingerprint density at radius 2 is 1.59 bits per heavy atom. The normalized spacial score (nSPS) is 15.2. The molecule has 5 rings (SSSR count). The van der Waals surface area contributed by atoms with Crippen LogP contribution in [0.2, 0.25) is 0 Å². The number of hydrogen-bond acceptors (Lipinski definition) is 4. The summed E-state index contributed by atoms with van der Waals surface area (Å²) < 4.78 is 5.40. The molecule has 132 valence electrons. The van der Waals surface area contributed by atoms with Crippen LogP contribution in [0.25, 0.3) is 0 Å². The van der Waals surface area contributed by atoms with E-state index in [0.29, 0.717) is 47.3 Å². The molecule has 1 aromatic heterocycles. The van der Waals surface area contributed by atoms with Gasteiger partial charge in [0.25, 0.3) is 5.91 Å². The summed E-state index contributed by atoms with van der Waals surface area (Å²) in [5.41, 5.74) is 2.88. The molecule has 0 unspecified atom stereocenters. The first-order valence-corrected chi connectivity index (χ1v) is 8.80. The summed E-state index contributed by atoms with van der Waals surface area (Å²) in [6, 6.07) is 13.4. The summed E-state index contributed by atoms with van der Waals surface area (Å²) in [5.74, 6) is 0.372. The molecule has 5 nitrogen and oxygen atoms in total. The van der Waals surface area contributed by atoms with E-state index in [1.807, 2.05) is 6.07 Å². The molecule has 2 heterocycles. The van der Waals surface area contributed by atoms with Gasteiger partial charge in [-0.1, -0.05) is 24.3 Å². The van der Waals surface area contributed by atoms with Gasteiger partial charge in [0.05, 0.1) is 6.26 Å². The van der Waals surface area contributed by atoms with Gasteiger partial charge in [0, 0.05) is 52.9 Å². The Balaban J connectivity index is 1.50. The maximum absolute atomic E-state index is 13.0. The van der Waals surface area contributed by atoms with Crippen molar-refractivity contribution in [1.29, 1.82) is 0 Å². The zero-order chi connectivity index (χ0) is 18.5. The quantitative estimate of drug-likeness (QED) is 0.524. The summed E-state index contributed by atoms with van der Waals surface area (Å²) in [5, 5.41) is 0. The molecule has 0 radical (unpaired) electrons. The molecule has 2 aromatic carbocycles. The monoisotopic (exact) mass is 357 g/mol. The molecule has 0 atom stereocenters. The molecular formula is C22H15NO4. The molecule has 1 aliphatic carbocycles. The minimum atomic E-state index is -0.217. The Kier molecular flexibility index (Phi) is 3.37. The van der Waals surface area contributed by atoms with Gasteiger partial charge >= 0.3 is 0 Å². The summed E-state index contributed by atoms with van der Waals surface area (Å²) in [6.07, 6.45) is 2.31. The largest absolute Gasteiger partial charge is 0.469 e. The zero-order valence-corrected chi connectivity index (χ0v) is 14.4. The molecule has 2 aliphatic rings. The lowest BCUT2D eigenvalue weighted by Gasteiger charge is -2.27. The molecule has 1 amide bonds. The molecule has 0 saturated heterocycles. The average Bonchev–Trinajstić information content (AvgIpc) is 3.19. The highest BCUT2D eigenvalue weighted by Crippen LogP contribution is 2.29. The molecule has 0 bridgehead atoms. The molecule has 3 aromatic rings. The lowest BCUT2D eigenvalue weighted by atomic mass is 9.83. The van der Waals surface area contributed by atoms with Gasteiger partial charge in [-0.25, -0.2) is 0 Å². The average molecular weight is 357 g/mol. The number of hydrogen-bond donors (Lipinski definition) is 0. The van der Waals surface area contributed by atoms with E-state index >= 15 is 0 Å². The van der Waals surface area contributed by atoms with E-state index in [0.717, 1.165) is 11.3 Å². The standard InChI is InChI=1S/C22H15NO4/c24-20-15-3-1-2-4-16(15)21(25)18-11-13(5-6-17(18)20)22(26)23-9-7-19-14(12-23)8-10-27-19/h1-6,8,10-11H,7,9,12H2. The summed E-state index contributed by atoms with van der Waals surface area (Å²) in [6.45, 7) is 1.05. The van der Waals surface area contributed by atoms with Crippen LogP contribution < -0.4 is 0 Å². The molecule has 0 N–H and O–H groups in total. The van der Waals surface area contributed by atoms with E-state index in [9.17, 15) is 14.4 Å². The Morgan fingerprint density at radius 1 is 0.889 bits per heavy atom. The molecular weight excluding hydrogens is 342 g/mol. The van der Waals surface area contributed by atoms with Crippen molar-refractivity contribution >= 4 is 17.5 Å². The van der Waals surface area contributed by atoms with Crippen LogP contribution in [0, 0.1) is 0 Å². The number of carbonyl (C=O) groups is 3. The second-order valence-electron chi connectivity index (χ2n) is 6.81. The van der Waals surface area contributed by atoms with E-state index < -0.39 is 0 Å². The zero-order valence-electron chi connectivity index (χ0n) is 14.4. The van der Waals surface area contributed by atoms with Crippen LogP contribution in [0.3, 0.4) is 0 Å². The third kappa shape index (κ3) is 2.35. The number of fused-ring (bicyclic) bond motifs is 3. The number of furan rings is 1. The van der Waals surface area contributed by atoms with E-state index in [1.54, 1.807) is 53.6 Å². The minimum Gasteiger partial charge on any atom is -0.469 e. The summed E-state index contributed by atoms with van der Waals surface area (Å²) in [4.78, 5) is 40.2. The fraction of sp³-hybridized carbons (Fsp3) is 0.136. The first-order valence-electron chi connectivity index (χ1n) is 8.80. The molecule has 0 spiro atoms. The van der Waals surface area contributed by atoms with Crippen LogP contribution in [0.15, 0.2) is 59.2 Å². The number of carbonyl (C=O) groups excluding carboxylic acids is 3. The number of amides is 1. The molecule has 1 aliphatic heterocycles. The van der Waals surface area contributed by atoms with Gasteiger partial charge in [-0.15, -0.1) is 0 Å². The van der Waals surface area contributed by atoms with Crippen molar-refractivity contribution in [3.8, 4) is 0 Å². The number of rotatable bonds is 1. The number of ketones is 2. The lowest BCUT2D eigenvalue weighted by Crippen LogP contribution is -2.35. The van der Waals surface area contributed by atoms with E-state index in [1.165, 1.54) is 0 Å². The van der Waals surface area contributed by atoms with Crippen molar-refractivity contribution in [2.75, 3.05) is 6.54 Å². The predicted octanol–water partition coefficient (Wildman–Crippen LogP) is 3.25. The first-order chi connectivity index (χ1) is 13.1. The van der Waals surface area contributed by atoms with Crippen LogP contribution in [0.4, 0.5) is 0 Å². The predicted molar refractivity (Wildman–Crippen MR) is 96.9 cm³/mol. The summed E-state index contributed by atoms with van der Waals surface area (Å²) >= 11 is 0. The second kappa shape index (κ2) is 5.77. The second-order valence-corrected chi connectivity index (χ2v) is 6.81. The number of nitrogens with zero attached hydrogens (tertiary/aromatic N) is 1. The fourth-order valence-electron chi connectivity index (χ4n) is 3.84. The van der Waals surface area contributed by atoms with Crippen molar-refractivity contribution in [2.24, 2.45) is 0 Å². The van der Waals surface area contributed by atoms with Crippen LogP contribution in [0.1, 0.15) is 53.5 Å². The van der Waals surface area contributed by atoms with Crippen molar-refractivity contribution in [3.63, 3.8) is 0 Å². The van der Waals surface area contributed by atoms with Crippen molar-refractivity contribution in [1.82, 2.24) is 4.90 Å². The van der Waals surface area contributed by atoms with Gasteiger partial charge in [0.15, 0.2) is 11.6 Å². The van der Waals surface area contributed by atoms with Gasteiger partial charge in [-0.3, -0.25) is 14.4 Å². The highest BCUT2D eigenvalue weighted by atomic mass is 16.3. The number of benzene rings is 2. The lowest BCUT2D eigenvalue weighted by molar-refractivity contribution is 0.0729. The van der Waals surface area contributed by atoms with Gasteiger partial charge in [0.2, 0.25) is 0 Å². The van der Waals surface area contributed by atoms with Gasteiger partial charge in [-0.2, -0.15) is 0 Å². The van der Waals surface area contributed by atoms with Gasteiger partial charge < -0.3 is 9.32 Å². The third-order valence-electron chi connectivity index (χ3n) is 5.27. The van der Waals surface area contributed by atoms with Gasteiger partial charge in [-0.05, 0) is 24.3 Å². The minimum absolute atomic E-state index is 0.149. The van der Waals surface area contributed by atoms with Crippen LogP contribution in [-0.2, 0) is 13.0 Å². The van der Waals surface area contributed by atoms with E-state index in [4.69, 9.17) is 4.42 Å². The van der Waals surface area contributed by atoms with Crippen LogP contribution in [0.5, 0.6) is 0 Å². The molecule has 27 heavy (non-hydrogen) atoms. The highest BCUT2D eigenvalue weighted by Gasteiger charge is 2.31. The molecule has 0 saturated carbocycles. The van der Waals surface area contributed by atoms with Crippen molar-refractivity contribution < 1.29 is 18.8 Å². The maximum atomic E-state index is 13.0. The topological polar surface area (TPSA) is 67.6 Å². The maximum Gasteiger partial charge on any atom is 0.254 e.